The topological polar surface area (TPSA) is 46.3 Å². The molecule has 0 unspecified atom stereocenters. The molecule has 0 saturated carbocycles. The quantitative estimate of drug-likeness (QED) is 0.869. The van der Waals surface area contributed by atoms with Gasteiger partial charge in [0, 0.05) is 37.2 Å². The van der Waals surface area contributed by atoms with Crippen molar-refractivity contribution in [3.63, 3.8) is 0 Å². The van der Waals surface area contributed by atoms with E-state index >= 15 is 0 Å². The van der Waals surface area contributed by atoms with Crippen molar-refractivity contribution in [3.05, 3.63) is 35.1 Å². The molecule has 0 bridgehead atoms. The molecule has 3 nitrogen and oxygen atoms in total. The van der Waals surface area contributed by atoms with E-state index in [0.717, 1.165) is 19.4 Å². The van der Waals surface area contributed by atoms with Crippen molar-refractivity contribution in [1.82, 2.24) is 4.90 Å². The zero-order valence-corrected chi connectivity index (χ0v) is 9.79. The van der Waals surface area contributed by atoms with Gasteiger partial charge in [0.1, 0.15) is 5.82 Å². The summed E-state index contributed by atoms with van der Waals surface area (Å²) in [5, 5.41) is 0. The third-order valence-corrected chi connectivity index (χ3v) is 3.16. The first-order chi connectivity index (χ1) is 8.22. The average Bonchev–Trinajstić information content (AvgIpc) is 2.34. The van der Waals surface area contributed by atoms with Crippen LogP contribution in [0.15, 0.2) is 18.2 Å². The van der Waals surface area contributed by atoms with Crippen LogP contribution in [0.3, 0.4) is 0 Å². The van der Waals surface area contributed by atoms with Crippen LogP contribution in [-0.2, 0) is 17.9 Å². The highest BCUT2D eigenvalue weighted by Gasteiger charge is 2.19. The standard InChI is InChI=1S/C13H17FN2O/c14-13-10(8-15)4-3-5-11(13)9-16-7-2-1-6-12(16)17/h3-5H,1-2,6-9,15H2. The normalized spacial score (nSPS) is 16.4. The van der Waals surface area contributed by atoms with E-state index in [4.69, 9.17) is 5.73 Å². The summed E-state index contributed by atoms with van der Waals surface area (Å²) >= 11 is 0. The molecule has 2 N–H and O–H groups in total. The largest absolute Gasteiger partial charge is 0.338 e. The molecule has 1 amide bonds. The Morgan fingerprint density at radius 3 is 2.76 bits per heavy atom. The molecule has 2 rings (SSSR count). The van der Waals surface area contributed by atoms with Gasteiger partial charge in [-0.15, -0.1) is 0 Å². The van der Waals surface area contributed by atoms with Crippen LogP contribution in [0.4, 0.5) is 4.39 Å². The first-order valence-electron chi connectivity index (χ1n) is 5.96. The zero-order valence-electron chi connectivity index (χ0n) is 9.79. The van der Waals surface area contributed by atoms with E-state index in [-0.39, 0.29) is 18.3 Å². The molecule has 4 heteroatoms. The van der Waals surface area contributed by atoms with E-state index < -0.39 is 0 Å². The number of benzene rings is 1. The molecule has 1 fully saturated rings. The molecular weight excluding hydrogens is 219 g/mol. The summed E-state index contributed by atoms with van der Waals surface area (Å²) in [6.45, 7) is 1.28. The highest BCUT2D eigenvalue weighted by molar-refractivity contribution is 5.76. The average molecular weight is 236 g/mol. The molecule has 1 aliphatic rings. The van der Waals surface area contributed by atoms with Crippen molar-refractivity contribution in [2.45, 2.75) is 32.4 Å². The number of hydrogen-bond acceptors (Lipinski definition) is 2. The molecule has 1 heterocycles. The van der Waals surface area contributed by atoms with Crippen molar-refractivity contribution in [1.29, 1.82) is 0 Å². The third-order valence-electron chi connectivity index (χ3n) is 3.16. The van der Waals surface area contributed by atoms with Crippen LogP contribution < -0.4 is 5.73 Å². The number of nitrogens with zero attached hydrogens (tertiary/aromatic N) is 1. The van der Waals surface area contributed by atoms with Gasteiger partial charge in [-0.2, -0.15) is 0 Å². The fourth-order valence-corrected chi connectivity index (χ4v) is 2.15. The Morgan fingerprint density at radius 2 is 2.06 bits per heavy atom. The molecule has 0 spiro atoms. The van der Waals surface area contributed by atoms with E-state index in [1.165, 1.54) is 0 Å². The Labute approximate surface area is 100 Å². The lowest BCUT2D eigenvalue weighted by molar-refractivity contribution is -0.133. The Morgan fingerprint density at radius 1 is 1.29 bits per heavy atom. The summed E-state index contributed by atoms with van der Waals surface area (Å²) < 4.78 is 13.9. The lowest BCUT2D eigenvalue weighted by atomic mass is 10.1. The SMILES string of the molecule is NCc1cccc(CN2CCCCC2=O)c1F. The molecule has 17 heavy (non-hydrogen) atoms. The number of carbonyl (C=O) groups is 1. The number of halogens is 1. The van der Waals surface area contributed by atoms with E-state index in [9.17, 15) is 9.18 Å². The van der Waals surface area contributed by atoms with Gasteiger partial charge >= 0.3 is 0 Å². The van der Waals surface area contributed by atoms with Gasteiger partial charge < -0.3 is 10.6 Å². The maximum atomic E-state index is 13.9. The minimum atomic E-state index is -0.270. The highest BCUT2D eigenvalue weighted by atomic mass is 19.1. The summed E-state index contributed by atoms with van der Waals surface area (Å²) in [7, 11) is 0. The number of nitrogens with two attached hydrogens (primary N) is 1. The van der Waals surface area contributed by atoms with Crippen molar-refractivity contribution in [2.75, 3.05) is 6.54 Å². The molecular formula is C13H17FN2O. The Balaban J connectivity index is 2.15. The monoisotopic (exact) mass is 236 g/mol. The number of likely N-dealkylation sites (tertiary alicyclic amines) is 1. The van der Waals surface area contributed by atoms with Gasteiger partial charge in [0.2, 0.25) is 5.91 Å². The van der Waals surface area contributed by atoms with E-state index in [2.05, 4.69) is 0 Å². The van der Waals surface area contributed by atoms with Gasteiger partial charge in [-0.05, 0) is 12.8 Å². The first kappa shape index (κ1) is 12.0. The molecule has 0 aliphatic carbocycles. The van der Waals surface area contributed by atoms with Crippen molar-refractivity contribution < 1.29 is 9.18 Å². The summed E-state index contributed by atoms with van der Waals surface area (Å²) in [5.74, 6) is -0.151. The van der Waals surface area contributed by atoms with Gasteiger partial charge in [0.15, 0.2) is 0 Å². The molecule has 1 aromatic carbocycles. The number of carbonyl (C=O) groups excluding carboxylic acids is 1. The second-order valence-corrected chi connectivity index (χ2v) is 4.37. The van der Waals surface area contributed by atoms with Gasteiger partial charge in [0.05, 0.1) is 0 Å². The van der Waals surface area contributed by atoms with Crippen LogP contribution in [0.5, 0.6) is 0 Å². The molecule has 0 atom stereocenters. The smallest absolute Gasteiger partial charge is 0.222 e. The van der Waals surface area contributed by atoms with Crippen LogP contribution in [0.1, 0.15) is 30.4 Å². The summed E-state index contributed by atoms with van der Waals surface area (Å²) in [6, 6.07) is 5.18. The van der Waals surface area contributed by atoms with Crippen LogP contribution in [-0.4, -0.2) is 17.4 Å². The first-order valence-corrected chi connectivity index (χ1v) is 5.96. The van der Waals surface area contributed by atoms with Gasteiger partial charge in [-0.3, -0.25) is 4.79 Å². The molecule has 1 saturated heterocycles. The second kappa shape index (κ2) is 5.27. The summed E-state index contributed by atoms with van der Waals surface area (Å²) in [6.07, 6.45) is 2.53. The highest BCUT2D eigenvalue weighted by Crippen LogP contribution is 2.18. The number of rotatable bonds is 3. The van der Waals surface area contributed by atoms with Gasteiger partial charge in [0.25, 0.3) is 0 Å². The predicted octanol–water partition coefficient (Wildman–Crippen LogP) is 1.80. The van der Waals surface area contributed by atoms with E-state index in [1.54, 1.807) is 23.1 Å². The Bertz CT molecular complexity index is 420. The lowest BCUT2D eigenvalue weighted by Crippen LogP contribution is -2.34. The van der Waals surface area contributed by atoms with E-state index in [0.29, 0.717) is 24.1 Å². The predicted molar refractivity (Wildman–Crippen MR) is 63.6 cm³/mol. The summed E-state index contributed by atoms with van der Waals surface area (Å²) in [5.41, 5.74) is 6.52. The van der Waals surface area contributed by atoms with Gasteiger partial charge in [-0.1, -0.05) is 18.2 Å². The Kier molecular flexibility index (Phi) is 3.74. The number of hydrogen-bond donors (Lipinski definition) is 1. The van der Waals surface area contributed by atoms with Crippen molar-refractivity contribution in [2.24, 2.45) is 5.73 Å². The molecule has 1 aliphatic heterocycles. The van der Waals surface area contributed by atoms with Crippen molar-refractivity contribution in [3.8, 4) is 0 Å². The maximum Gasteiger partial charge on any atom is 0.222 e. The van der Waals surface area contributed by atoms with Crippen LogP contribution >= 0.6 is 0 Å². The summed E-state index contributed by atoms with van der Waals surface area (Å²) in [4.78, 5) is 13.4. The molecule has 0 radical (unpaired) electrons. The van der Waals surface area contributed by atoms with Crippen LogP contribution in [0.25, 0.3) is 0 Å². The molecule has 1 aromatic rings. The number of amides is 1. The van der Waals surface area contributed by atoms with Gasteiger partial charge in [-0.25, -0.2) is 4.39 Å². The molecule has 0 aromatic heterocycles. The zero-order chi connectivity index (χ0) is 12.3. The van der Waals surface area contributed by atoms with Crippen molar-refractivity contribution >= 4 is 5.91 Å². The minimum Gasteiger partial charge on any atom is -0.338 e. The second-order valence-electron chi connectivity index (χ2n) is 4.37. The van der Waals surface area contributed by atoms with Crippen LogP contribution in [0, 0.1) is 5.82 Å². The molecule has 92 valence electrons. The minimum absolute atomic E-state index is 0.119. The number of piperidine rings is 1. The lowest BCUT2D eigenvalue weighted by Gasteiger charge is -2.27. The van der Waals surface area contributed by atoms with E-state index in [1.807, 2.05) is 0 Å². The maximum absolute atomic E-state index is 13.9. The Hall–Kier alpha value is -1.42. The fraction of sp³-hybridized carbons (Fsp3) is 0.462. The fourth-order valence-electron chi connectivity index (χ4n) is 2.15. The van der Waals surface area contributed by atoms with Crippen LogP contribution in [0.2, 0.25) is 0 Å². The third kappa shape index (κ3) is 2.64.